The first-order valence-electron chi connectivity index (χ1n) is 7.05. The molecular formula is C17H19FN2. The van der Waals surface area contributed by atoms with Crippen LogP contribution in [0.3, 0.4) is 0 Å². The lowest BCUT2D eigenvalue weighted by Crippen LogP contribution is -2.26. The summed E-state index contributed by atoms with van der Waals surface area (Å²) in [5, 5.41) is 0. The van der Waals surface area contributed by atoms with Gasteiger partial charge in [-0.05, 0) is 41.7 Å². The number of fused-ring (bicyclic) bond motifs is 1. The van der Waals surface area contributed by atoms with Crippen LogP contribution in [0.25, 0.3) is 0 Å². The van der Waals surface area contributed by atoms with E-state index in [-0.39, 0.29) is 5.82 Å². The van der Waals surface area contributed by atoms with E-state index in [1.54, 1.807) is 6.07 Å². The van der Waals surface area contributed by atoms with Crippen LogP contribution in [0.2, 0.25) is 0 Å². The van der Waals surface area contributed by atoms with E-state index >= 15 is 0 Å². The molecule has 2 nitrogen and oxygen atoms in total. The molecule has 0 bridgehead atoms. The minimum absolute atomic E-state index is 0.269. The molecule has 20 heavy (non-hydrogen) atoms. The van der Waals surface area contributed by atoms with Gasteiger partial charge in [0, 0.05) is 25.3 Å². The van der Waals surface area contributed by atoms with Gasteiger partial charge in [-0.3, -0.25) is 4.90 Å². The Kier molecular flexibility index (Phi) is 3.70. The lowest BCUT2D eigenvalue weighted by Gasteiger charge is -2.20. The Morgan fingerprint density at radius 3 is 2.25 bits per heavy atom. The average molecular weight is 270 g/mol. The number of nitrogen functional groups attached to an aromatic ring is 1. The Balaban J connectivity index is 1.71. The van der Waals surface area contributed by atoms with Crippen molar-refractivity contribution < 1.29 is 4.39 Å². The van der Waals surface area contributed by atoms with Gasteiger partial charge >= 0.3 is 0 Å². The van der Waals surface area contributed by atoms with Crippen LogP contribution in [0.15, 0.2) is 42.5 Å². The van der Waals surface area contributed by atoms with Crippen LogP contribution in [0.5, 0.6) is 0 Å². The lowest BCUT2D eigenvalue weighted by atomic mass is 10.0. The number of benzene rings is 2. The van der Waals surface area contributed by atoms with Crippen molar-refractivity contribution in [3.8, 4) is 0 Å². The maximum absolute atomic E-state index is 13.1. The summed E-state index contributed by atoms with van der Waals surface area (Å²) in [4.78, 5) is 2.39. The van der Waals surface area contributed by atoms with Gasteiger partial charge in [0.1, 0.15) is 5.82 Å². The summed E-state index contributed by atoms with van der Waals surface area (Å²) in [5.74, 6) is -0.269. The van der Waals surface area contributed by atoms with E-state index in [4.69, 9.17) is 5.73 Å². The predicted octanol–water partition coefficient (Wildman–Crippen LogP) is 3.01. The molecule has 0 amide bonds. The SMILES string of the molecule is Nc1cc(F)ccc1CN1CCc2ccccc2CC1. The molecule has 1 aliphatic heterocycles. The molecule has 1 aliphatic rings. The molecule has 3 rings (SSSR count). The van der Waals surface area contributed by atoms with Gasteiger partial charge in [0.15, 0.2) is 0 Å². The third-order valence-electron chi connectivity index (χ3n) is 4.01. The number of nitrogens with zero attached hydrogens (tertiary/aromatic N) is 1. The van der Waals surface area contributed by atoms with E-state index in [0.29, 0.717) is 5.69 Å². The molecule has 104 valence electrons. The molecule has 0 atom stereocenters. The number of anilines is 1. The maximum Gasteiger partial charge on any atom is 0.125 e. The van der Waals surface area contributed by atoms with Gasteiger partial charge in [-0.25, -0.2) is 4.39 Å². The second-order valence-electron chi connectivity index (χ2n) is 5.39. The molecule has 3 heteroatoms. The highest BCUT2D eigenvalue weighted by molar-refractivity contribution is 5.46. The zero-order valence-electron chi connectivity index (χ0n) is 11.5. The van der Waals surface area contributed by atoms with Gasteiger partial charge in [-0.1, -0.05) is 30.3 Å². The van der Waals surface area contributed by atoms with E-state index in [9.17, 15) is 4.39 Å². The molecule has 0 fully saturated rings. The van der Waals surface area contributed by atoms with E-state index in [1.807, 2.05) is 0 Å². The van der Waals surface area contributed by atoms with Gasteiger partial charge in [-0.15, -0.1) is 0 Å². The molecule has 2 aromatic rings. The van der Waals surface area contributed by atoms with Crippen molar-refractivity contribution in [1.29, 1.82) is 0 Å². The zero-order valence-corrected chi connectivity index (χ0v) is 11.5. The maximum atomic E-state index is 13.1. The van der Waals surface area contributed by atoms with Crippen LogP contribution in [-0.4, -0.2) is 18.0 Å². The molecule has 0 saturated heterocycles. The quantitative estimate of drug-likeness (QED) is 0.850. The Bertz CT molecular complexity index is 583. The normalized spacial score (nSPS) is 15.7. The molecule has 0 spiro atoms. The monoisotopic (exact) mass is 270 g/mol. The van der Waals surface area contributed by atoms with Crippen molar-refractivity contribution in [3.05, 3.63) is 65.0 Å². The largest absolute Gasteiger partial charge is 0.398 e. The van der Waals surface area contributed by atoms with Gasteiger partial charge in [0.2, 0.25) is 0 Å². The zero-order chi connectivity index (χ0) is 13.9. The molecule has 2 aromatic carbocycles. The minimum Gasteiger partial charge on any atom is -0.398 e. The first kappa shape index (κ1) is 13.1. The highest BCUT2D eigenvalue weighted by atomic mass is 19.1. The van der Waals surface area contributed by atoms with Crippen molar-refractivity contribution in [2.75, 3.05) is 18.8 Å². The first-order chi connectivity index (χ1) is 9.72. The standard InChI is InChI=1S/C17H19FN2/c18-16-6-5-15(17(19)11-16)12-20-9-7-13-3-1-2-4-14(13)8-10-20/h1-6,11H,7-10,12,19H2. The van der Waals surface area contributed by atoms with Gasteiger partial charge in [-0.2, -0.15) is 0 Å². The van der Waals surface area contributed by atoms with E-state index in [0.717, 1.165) is 38.0 Å². The summed E-state index contributed by atoms with van der Waals surface area (Å²) < 4.78 is 13.1. The highest BCUT2D eigenvalue weighted by Crippen LogP contribution is 2.20. The van der Waals surface area contributed by atoms with Crippen LogP contribution in [0.4, 0.5) is 10.1 Å². The molecular weight excluding hydrogens is 251 g/mol. The molecule has 0 saturated carbocycles. The van der Waals surface area contributed by atoms with Crippen LogP contribution in [0, 0.1) is 5.82 Å². The lowest BCUT2D eigenvalue weighted by molar-refractivity contribution is 0.279. The number of hydrogen-bond acceptors (Lipinski definition) is 2. The van der Waals surface area contributed by atoms with Crippen molar-refractivity contribution >= 4 is 5.69 Å². The fourth-order valence-corrected chi connectivity index (χ4v) is 2.82. The smallest absolute Gasteiger partial charge is 0.125 e. The summed E-state index contributed by atoms with van der Waals surface area (Å²) >= 11 is 0. The van der Waals surface area contributed by atoms with E-state index in [2.05, 4.69) is 29.2 Å². The highest BCUT2D eigenvalue weighted by Gasteiger charge is 2.14. The topological polar surface area (TPSA) is 29.3 Å². The Labute approximate surface area is 119 Å². The van der Waals surface area contributed by atoms with E-state index < -0.39 is 0 Å². The Morgan fingerprint density at radius 1 is 1.00 bits per heavy atom. The van der Waals surface area contributed by atoms with Crippen LogP contribution >= 0.6 is 0 Å². The molecule has 2 N–H and O–H groups in total. The van der Waals surface area contributed by atoms with Crippen LogP contribution in [-0.2, 0) is 19.4 Å². The number of hydrogen-bond donors (Lipinski definition) is 1. The van der Waals surface area contributed by atoms with Crippen molar-refractivity contribution in [2.24, 2.45) is 0 Å². The Morgan fingerprint density at radius 2 is 1.65 bits per heavy atom. The minimum atomic E-state index is -0.269. The van der Waals surface area contributed by atoms with Gasteiger partial charge < -0.3 is 5.73 Å². The fraction of sp³-hybridized carbons (Fsp3) is 0.294. The third kappa shape index (κ3) is 2.83. The van der Waals surface area contributed by atoms with E-state index in [1.165, 1.54) is 23.3 Å². The van der Waals surface area contributed by atoms with Crippen LogP contribution in [0.1, 0.15) is 16.7 Å². The summed E-state index contributed by atoms with van der Waals surface area (Å²) in [6.45, 7) is 2.84. The second-order valence-corrected chi connectivity index (χ2v) is 5.39. The summed E-state index contributed by atoms with van der Waals surface area (Å²) in [5.41, 5.74) is 10.3. The van der Waals surface area contributed by atoms with Gasteiger partial charge in [0.25, 0.3) is 0 Å². The molecule has 0 radical (unpaired) electrons. The second kappa shape index (κ2) is 5.63. The summed E-state index contributed by atoms with van der Waals surface area (Å²) in [6, 6.07) is 13.3. The molecule has 1 heterocycles. The fourth-order valence-electron chi connectivity index (χ4n) is 2.82. The van der Waals surface area contributed by atoms with Gasteiger partial charge in [0.05, 0.1) is 0 Å². The van der Waals surface area contributed by atoms with Crippen LogP contribution < -0.4 is 5.73 Å². The first-order valence-corrected chi connectivity index (χ1v) is 7.05. The Hall–Kier alpha value is -1.87. The third-order valence-corrected chi connectivity index (χ3v) is 4.01. The molecule has 0 aromatic heterocycles. The number of rotatable bonds is 2. The predicted molar refractivity (Wildman–Crippen MR) is 79.9 cm³/mol. The summed E-state index contributed by atoms with van der Waals surface area (Å²) in [7, 11) is 0. The number of halogens is 1. The molecule has 0 unspecified atom stereocenters. The summed E-state index contributed by atoms with van der Waals surface area (Å²) in [6.07, 6.45) is 2.13. The van der Waals surface area contributed by atoms with Crippen molar-refractivity contribution in [3.63, 3.8) is 0 Å². The average Bonchev–Trinajstić information content (AvgIpc) is 2.65. The number of nitrogens with two attached hydrogens (primary N) is 1. The van der Waals surface area contributed by atoms with Crippen molar-refractivity contribution in [1.82, 2.24) is 4.90 Å². The molecule has 0 aliphatic carbocycles. The van der Waals surface area contributed by atoms with Crippen molar-refractivity contribution in [2.45, 2.75) is 19.4 Å².